The molecule has 1 aromatic heterocycles. The van der Waals surface area contributed by atoms with Crippen LogP contribution in [0.2, 0.25) is 0 Å². The molecule has 31 heavy (non-hydrogen) atoms. The number of amides is 1. The number of hydrogen-bond acceptors (Lipinski definition) is 6. The molecule has 4 atom stereocenters. The molecule has 1 spiro atoms. The van der Waals surface area contributed by atoms with Gasteiger partial charge in [0, 0.05) is 43.9 Å². The molecule has 2 N–H and O–H groups in total. The van der Waals surface area contributed by atoms with E-state index in [1.165, 1.54) is 0 Å². The molecule has 8 nitrogen and oxygen atoms in total. The summed E-state index contributed by atoms with van der Waals surface area (Å²) in [4.78, 5) is 32.0. The fraction of sp³-hybridized carbons (Fsp3) is 0.478. The number of aromatic nitrogens is 2. The lowest BCUT2D eigenvalue weighted by Gasteiger charge is -2.29. The van der Waals surface area contributed by atoms with Gasteiger partial charge in [-0.15, -0.1) is 0 Å². The number of fused-ring (bicyclic) bond motifs is 1. The number of carboxylic acid groups (broad SMARTS) is 1. The summed E-state index contributed by atoms with van der Waals surface area (Å²) in [7, 11) is 0. The highest BCUT2D eigenvalue weighted by Gasteiger charge is 2.63. The molecule has 4 heterocycles. The van der Waals surface area contributed by atoms with Gasteiger partial charge >= 0.3 is 0 Å². The minimum absolute atomic E-state index is 0.0799. The van der Waals surface area contributed by atoms with E-state index >= 15 is 0 Å². The molecule has 3 saturated heterocycles. The van der Waals surface area contributed by atoms with Crippen LogP contribution in [0, 0.1) is 18.8 Å². The monoisotopic (exact) mass is 424 g/mol. The Bertz CT molecular complexity index is 925. The van der Waals surface area contributed by atoms with Gasteiger partial charge in [-0.1, -0.05) is 30.3 Å². The first kappa shape index (κ1) is 21.2. The average Bonchev–Trinajstić information content (AvgIpc) is 3.42. The van der Waals surface area contributed by atoms with E-state index < -0.39 is 0 Å². The van der Waals surface area contributed by atoms with Crippen LogP contribution in [0.5, 0.6) is 0 Å². The number of anilines is 1. The predicted octanol–water partition coefficient (Wildman–Crippen LogP) is 1.83. The van der Waals surface area contributed by atoms with Crippen molar-refractivity contribution in [2.24, 2.45) is 11.8 Å². The van der Waals surface area contributed by atoms with Gasteiger partial charge in [-0.25, -0.2) is 4.98 Å². The zero-order valence-corrected chi connectivity index (χ0v) is 17.6. The van der Waals surface area contributed by atoms with Crippen molar-refractivity contribution in [3.63, 3.8) is 0 Å². The van der Waals surface area contributed by atoms with Crippen molar-refractivity contribution in [3.05, 3.63) is 54.0 Å². The van der Waals surface area contributed by atoms with Gasteiger partial charge in [-0.2, -0.15) is 0 Å². The quantitative estimate of drug-likeness (QED) is 0.706. The fourth-order valence-electron chi connectivity index (χ4n) is 5.41. The molecule has 1 aromatic carbocycles. The lowest BCUT2D eigenvalue weighted by atomic mass is 9.73. The van der Waals surface area contributed by atoms with E-state index in [0.29, 0.717) is 24.8 Å². The summed E-state index contributed by atoms with van der Waals surface area (Å²) in [5.41, 5.74) is 1.93. The first-order valence-corrected chi connectivity index (χ1v) is 10.6. The van der Waals surface area contributed by atoms with Gasteiger partial charge in [-0.3, -0.25) is 14.6 Å². The van der Waals surface area contributed by atoms with E-state index in [2.05, 4.69) is 20.2 Å². The number of aryl methyl sites for hydroxylation is 1. The van der Waals surface area contributed by atoms with Gasteiger partial charge in [0.25, 0.3) is 6.47 Å². The molecular formula is C23H28N4O4. The van der Waals surface area contributed by atoms with Crippen molar-refractivity contribution in [3.8, 4) is 0 Å². The highest BCUT2D eigenvalue weighted by molar-refractivity contribution is 5.78. The highest BCUT2D eigenvalue weighted by atomic mass is 16.5. The summed E-state index contributed by atoms with van der Waals surface area (Å²) in [6, 6.07) is 9.90. The standard InChI is InChI=1S/C22H26N4O2.CH2O2/c1-15-21(24-10-9-23-15)26-13-18-17(19-7-8-22(18,14-26)28-19)12-25-20(27)11-16-5-3-2-4-6-16;2-1-3/h2-6,9-10,17-19H,7-8,11-14H2,1H3,(H,25,27);1H,(H,2,3)/t17-,18+,19+,22+;/m0./s1. The first-order chi connectivity index (χ1) is 15.1. The normalized spacial score (nSPS) is 27.9. The summed E-state index contributed by atoms with van der Waals surface area (Å²) in [5, 5.41) is 10.1. The maximum atomic E-state index is 12.4. The molecule has 5 rings (SSSR count). The third-order valence-electron chi connectivity index (χ3n) is 6.68. The Kier molecular flexibility index (Phi) is 6.18. The molecule has 3 aliphatic heterocycles. The van der Waals surface area contributed by atoms with Crippen LogP contribution in [-0.4, -0.2) is 58.8 Å². The number of nitrogens with zero attached hydrogens (tertiary/aromatic N) is 3. The number of carbonyl (C=O) groups excluding carboxylic acids is 1. The van der Waals surface area contributed by atoms with Crippen LogP contribution in [0.4, 0.5) is 5.82 Å². The van der Waals surface area contributed by atoms with Crippen molar-refractivity contribution in [1.82, 2.24) is 15.3 Å². The average molecular weight is 425 g/mol. The van der Waals surface area contributed by atoms with Gasteiger partial charge in [-0.05, 0) is 25.3 Å². The zero-order chi connectivity index (χ0) is 21.8. The van der Waals surface area contributed by atoms with Gasteiger partial charge in [0.05, 0.1) is 23.8 Å². The largest absolute Gasteiger partial charge is 0.483 e. The molecule has 164 valence electrons. The summed E-state index contributed by atoms with van der Waals surface area (Å²) in [6.07, 6.45) is 6.39. The maximum Gasteiger partial charge on any atom is 0.290 e. The van der Waals surface area contributed by atoms with Crippen LogP contribution in [-0.2, 0) is 20.7 Å². The van der Waals surface area contributed by atoms with Crippen molar-refractivity contribution in [2.45, 2.75) is 37.9 Å². The van der Waals surface area contributed by atoms with Gasteiger partial charge in [0.15, 0.2) is 0 Å². The maximum absolute atomic E-state index is 12.4. The molecule has 3 fully saturated rings. The minimum atomic E-state index is -0.250. The Hall–Kier alpha value is -3.00. The fourth-order valence-corrected chi connectivity index (χ4v) is 5.41. The van der Waals surface area contributed by atoms with Crippen LogP contribution in [0.1, 0.15) is 24.1 Å². The molecule has 0 aliphatic carbocycles. The lowest BCUT2D eigenvalue weighted by molar-refractivity contribution is -0.123. The van der Waals surface area contributed by atoms with Crippen LogP contribution in [0.3, 0.4) is 0 Å². The van der Waals surface area contributed by atoms with Crippen molar-refractivity contribution < 1.29 is 19.4 Å². The number of ether oxygens (including phenoxy) is 1. The predicted molar refractivity (Wildman–Crippen MR) is 115 cm³/mol. The smallest absolute Gasteiger partial charge is 0.290 e. The molecule has 2 bridgehead atoms. The van der Waals surface area contributed by atoms with Crippen LogP contribution < -0.4 is 10.2 Å². The molecule has 1 amide bonds. The van der Waals surface area contributed by atoms with E-state index in [4.69, 9.17) is 14.6 Å². The van der Waals surface area contributed by atoms with E-state index in [-0.39, 0.29) is 24.1 Å². The summed E-state index contributed by atoms with van der Waals surface area (Å²) < 4.78 is 6.50. The van der Waals surface area contributed by atoms with Crippen LogP contribution in [0.25, 0.3) is 0 Å². The Morgan fingerprint density at radius 1 is 1.32 bits per heavy atom. The number of nitrogens with one attached hydrogen (secondary N) is 1. The minimum Gasteiger partial charge on any atom is -0.483 e. The Balaban J connectivity index is 0.000000730. The van der Waals surface area contributed by atoms with Crippen molar-refractivity contribution >= 4 is 18.2 Å². The third-order valence-corrected chi connectivity index (χ3v) is 6.68. The van der Waals surface area contributed by atoms with E-state index in [0.717, 1.165) is 43.0 Å². The molecule has 0 radical (unpaired) electrons. The van der Waals surface area contributed by atoms with Gasteiger partial charge < -0.3 is 20.1 Å². The summed E-state index contributed by atoms with van der Waals surface area (Å²) in [5.74, 6) is 1.85. The second-order valence-electron chi connectivity index (χ2n) is 8.45. The highest BCUT2D eigenvalue weighted by Crippen LogP contribution is 2.55. The molecule has 0 saturated carbocycles. The molecular weight excluding hydrogens is 396 g/mol. The first-order valence-electron chi connectivity index (χ1n) is 10.6. The second kappa shape index (κ2) is 9.01. The Labute approximate surface area is 181 Å². The molecule has 8 heteroatoms. The molecule has 0 unspecified atom stereocenters. The second-order valence-corrected chi connectivity index (χ2v) is 8.45. The number of carbonyl (C=O) groups is 2. The molecule has 2 aromatic rings. The number of hydrogen-bond donors (Lipinski definition) is 2. The Morgan fingerprint density at radius 3 is 2.81 bits per heavy atom. The number of benzene rings is 1. The van der Waals surface area contributed by atoms with E-state index in [1.54, 1.807) is 12.4 Å². The third kappa shape index (κ3) is 4.25. The van der Waals surface area contributed by atoms with E-state index in [1.807, 2.05) is 37.3 Å². The SMILES string of the molecule is Cc1nccnc1N1C[C@@H]2[C@H](CNC(=O)Cc3ccccc3)[C@H]3CC[C@]2(C1)O3.O=CO. The Morgan fingerprint density at radius 2 is 2.06 bits per heavy atom. The van der Waals surface area contributed by atoms with Gasteiger partial charge in [0.2, 0.25) is 5.91 Å². The number of rotatable bonds is 5. The lowest BCUT2D eigenvalue weighted by Crippen LogP contribution is -2.42. The van der Waals surface area contributed by atoms with Crippen LogP contribution in [0.15, 0.2) is 42.7 Å². The van der Waals surface area contributed by atoms with Gasteiger partial charge in [0.1, 0.15) is 5.82 Å². The van der Waals surface area contributed by atoms with Crippen LogP contribution >= 0.6 is 0 Å². The summed E-state index contributed by atoms with van der Waals surface area (Å²) in [6.45, 7) is 4.25. The summed E-state index contributed by atoms with van der Waals surface area (Å²) >= 11 is 0. The van der Waals surface area contributed by atoms with Crippen molar-refractivity contribution in [1.29, 1.82) is 0 Å². The topological polar surface area (TPSA) is 105 Å². The zero-order valence-electron chi connectivity index (χ0n) is 17.6. The van der Waals surface area contributed by atoms with E-state index in [9.17, 15) is 4.79 Å². The molecule has 3 aliphatic rings. The van der Waals surface area contributed by atoms with Crippen molar-refractivity contribution in [2.75, 3.05) is 24.5 Å².